The van der Waals surface area contributed by atoms with Gasteiger partial charge in [-0.15, -0.1) is 0 Å². The summed E-state index contributed by atoms with van der Waals surface area (Å²) in [6.07, 6.45) is 2.84. The molecule has 1 fully saturated rings. The molecule has 1 unspecified atom stereocenters. The summed E-state index contributed by atoms with van der Waals surface area (Å²) in [5, 5.41) is 6.66. The molecule has 4 nitrogen and oxygen atoms in total. The normalized spacial score (nSPS) is 19.6. The van der Waals surface area contributed by atoms with Crippen LogP contribution in [0.5, 0.6) is 0 Å². The van der Waals surface area contributed by atoms with Crippen molar-refractivity contribution >= 4 is 23.2 Å². The van der Waals surface area contributed by atoms with Gasteiger partial charge in [0.25, 0.3) is 0 Å². The Morgan fingerprint density at radius 1 is 1.61 bits per heavy atom. The molecule has 0 radical (unpaired) electrons. The van der Waals surface area contributed by atoms with Crippen molar-refractivity contribution in [2.45, 2.75) is 26.2 Å². The van der Waals surface area contributed by atoms with E-state index >= 15 is 0 Å². The zero-order valence-corrected chi connectivity index (χ0v) is 11.3. The lowest BCUT2D eigenvalue weighted by Gasteiger charge is -2.22. The van der Waals surface area contributed by atoms with Crippen molar-refractivity contribution in [2.24, 2.45) is 5.92 Å². The molecule has 2 N–H and O–H groups in total. The van der Waals surface area contributed by atoms with Crippen molar-refractivity contribution < 1.29 is 4.79 Å². The zero-order valence-electron chi connectivity index (χ0n) is 10.5. The number of carbonyl (C=O) groups excluding carboxylic acids is 1. The van der Waals surface area contributed by atoms with Crippen molar-refractivity contribution in [1.82, 2.24) is 10.3 Å². The highest BCUT2D eigenvalue weighted by Crippen LogP contribution is 2.18. The Labute approximate surface area is 112 Å². The maximum Gasteiger partial charge on any atom is 0.224 e. The van der Waals surface area contributed by atoms with E-state index in [1.807, 2.05) is 6.92 Å². The number of nitrogens with zero attached hydrogens (tertiary/aromatic N) is 1. The number of rotatable bonds is 3. The smallest absolute Gasteiger partial charge is 0.224 e. The maximum absolute atomic E-state index is 11.9. The first kappa shape index (κ1) is 13.3. The van der Waals surface area contributed by atoms with Crippen molar-refractivity contribution in [1.29, 1.82) is 0 Å². The molecule has 0 bridgehead atoms. The van der Waals surface area contributed by atoms with Gasteiger partial charge >= 0.3 is 0 Å². The number of hydrogen-bond donors (Lipinski definition) is 2. The Kier molecular flexibility index (Phi) is 4.55. The summed E-state index contributed by atoms with van der Waals surface area (Å²) in [5.74, 6) is 0.496. The summed E-state index contributed by atoms with van der Waals surface area (Å²) in [4.78, 5) is 16.0. The van der Waals surface area contributed by atoms with E-state index in [4.69, 9.17) is 11.6 Å². The Morgan fingerprint density at radius 2 is 2.44 bits per heavy atom. The topological polar surface area (TPSA) is 54.0 Å². The molecule has 0 aromatic carbocycles. The molecular formula is C13H18ClN3O. The second-order valence-electron chi connectivity index (χ2n) is 4.73. The Bertz CT molecular complexity index is 430. The molecule has 1 amide bonds. The Morgan fingerprint density at radius 3 is 3.11 bits per heavy atom. The van der Waals surface area contributed by atoms with E-state index in [1.54, 1.807) is 12.1 Å². The van der Waals surface area contributed by atoms with Crippen LogP contribution >= 0.6 is 11.6 Å². The molecule has 0 aliphatic carbocycles. The van der Waals surface area contributed by atoms with Gasteiger partial charge in [-0.2, -0.15) is 0 Å². The minimum absolute atomic E-state index is 0.0518. The number of aromatic nitrogens is 1. The molecule has 2 heterocycles. The van der Waals surface area contributed by atoms with Crippen LogP contribution < -0.4 is 10.6 Å². The monoisotopic (exact) mass is 267 g/mol. The van der Waals surface area contributed by atoms with Crippen LogP contribution in [0, 0.1) is 12.8 Å². The minimum atomic E-state index is 0.0518. The lowest BCUT2D eigenvalue weighted by atomic mass is 9.96. The van der Waals surface area contributed by atoms with Crippen molar-refractivity contribution in [3.63, 3.8) is 0 Å². The van der Waals surface area contributed by atoms with Crippen LogP contribution in [0.3, 0.4) is 0 Å². The number of carbonyl (C=O) groups is 1. The molecular weight excluding hydrogens is 250 g/mol. The van der Waals surface area contributed by atoms with E-state index < -0.39 is 0 Å². The first-order chi connectivity index (χ1) is 8.65. The summed E-state index contributed by atoms with van der Waals surface area (Å²) in [6.45, 7) is 3.84. The molecule has 2 rings (SSSR count). The van der Waals surface area contributed by atoms with Gasteiger partial charge in [0.2, 0.25) is 5.91 Å². The van der Waals surface area contributed by atoms with Crippen LogP contribution in [0.4, 0.5) is 5.69 Å². The zero-order chi connectivity index (χ0) is 13.0. The molecule has 1 saturated heterocycles. The van der Waals surface area contributed by atoms with Gasteiger partial charge in [0, 0.05) is 6.42 Å². The Hall–Kier alpha value is -1.13. The second kappa shape index (κ2) is 6.16. The molecule has 0 spiro atoms. The van der Waals surface area contributed by atoms with Crippen LogP contribution in [0.25, 0.3) is 0 Å². The SMILES string of the molecule is Cc1nc(Cl)ccc1NC(=O)CC1CCCNC1. The van der Waals surface area contributed by atoms with Crippen LogP contribution in [-0.4, -0.2) is 24.0 Å². The molecule has 1 atom stereocenters. The van der Waals surface area contributed by atoms with Gasteiger partial charge in [-0.3, -0.25) is 4.79 Å². The van der Waals surface area contributed by atoms with Crippen LogP contribution in [0.1, 0.15) is 25.0 Å². The van der Waals surface area contributed by atoms with Crippen LogP contribution in [0.15, 0.2) is 12.1 Å². The molecule has 1 aromatic rings. The fourth-order valence-electron chi connectivity index (χ4n) is 2.22. The van der Waals surface area contributed by atoms with Crippen molar-refractivity contribution in [3.8, 4) is 0 Å². The lowest BCUT2D eigenvalue weighted by Crippen LogP contribution is -2.32. The summed E-state index contributed by atoms with van der Waals surface area (Å²) in [6, 6.07) is 3.48. The molecule has 1 aliphatic heterocycles. The molecule has 1 aliphatic rings. The van der Waals surface area contributed by atoms with Gasteiger partial charge < -0.3 is 10.6 Å². The standard InChI is InChI=1S/C13H18ClN3O/c1-9-11(4-5-12(14)16-9)17-13(18)7-10-3-2-6-15-8-10/h4-5,10,15H,2-3,6-8H2,1H3,(H,17,18). The first-order valence-corrected chi connectivity index (χ1v) is 6.66. The van der Waals surface area contributed by atoms with E-state index in [-0.39, 0.29) is 5.91 Å². The summed E-state index contributed by atoms with van der Waals surface area (Å²) >= 11 is 5.78. The number of nitrogens with one attached hydrogen (secondary N) is 2. The summed E-state index contributed by atoms with van der Waals surface area (Å²) < 4.78 is 0. The number of amides is 1. The van der Waals surface area contributed by atoms with Gasteiger partial charge in [-0.1, -0.05) is 11.6 Å². The number of pyridine rings is 1. The first-order valence-electron chi connectivity index (χ1n) is 6.29. The molecule has 98 valence electrons. The van der Waals surface area contributed by atoms with E-state index in [1.165, 1.54) is 0 Å². The Balaban J connectivity index is 1.90. The number of piperidine rings is 1. The quantitative estimate of drug-likeness (QED) is 0.827. The fraction of sp³-hybridized carbons (Fsp3) is 0.538. The van der Waals surface area contributed by atoms with E-state index in [0.717, 1.165) is 37.3 Å². The van der Waals surface area contributed by atoms with Crippen LogP contribution in [0.2, 0.25) is 5.15 Å². The third kappa shape index (κ3) is 3.68. The van der Waals surface area contributed by atoms with Gasteiger partial charge in [0.1, 0.15) is 5.15 Å². The average molecular weight is 268 g/mol. The van der Waals surface area contributed by atoms with E-state index in [2.05, 4.69) is 15.6 Å². The van der Waals surface area contributed by atoms with Gasteiger partial charge in [0.15, 0.2) is 0 Å². The number of aryl methyl sites for hydroxylation is 1. The number of anilines is 1. The minimum Gasteiger partial charge on any atom is -0.324 e. The average Bonchev–Trinajstić information content (AvgIpc) is 2.34. The second-order valence-corrected chi connectivity index (χ2v) is 5.12. The van der Waals surface area contributed by atoms with Crippen LogP contribution in [-0.2, 0) is 4.79 Å². The third-order valence-electron chi connectivity index (χ3n) is 3.20. The lowest BCUT2D eigenvalue weighted by molar-refractivity contribution is -0.117. The summed E-state index contributed by atoms with van der Waals surface area (Å²) in [5.41, 5.74) is 1.49. The third-order valence-corrected chi connectivity index (χ3v) is 3.41. The highest BCUT2D eigenvalue weighted by atomic mass is 35.5. The predicted octanol–water partition coefficient (Wildman–Crippen LogP) is 2.37. The maximum atomic E-state index is 11.9. The molecule has 18 heavy (non-hydrogen) atoms. The van der Waals surface area contributed by atoms with Crippen molar-refractivity contribution in [2.75, 3.05) is 18.4 Å². The predicted molar refractivity (Wildman–Crippen MR) is 72.8 cm³/mol. The highest BCUT2D eigenvalue weighted by molar-refractivity contribution is 6.29. The summed E-state index contributed by atoms with van der Waals surface area (Å²) in [7, 11) is 0. The molecule has 5 heteroatoms. The molecule has 1 aromatic heterocycles. The number of halogens is 1. The fourth-order valence-corrected chi connectivity index (χ4v) is 2.41. The van der Waals surface area contributed by atoms with Gasteiger partial charge in [0.05, 0.1) is 11.4 Å². The molecule has 0 saturated carbocycles. The van der Waals surface area contributed by atoms with E-state index in [9.17, 15) is 4.79 Å². The van der Waals surface area contributed by atoms with Crippen molar-refractivity contribution in [3.05, 3.63) is 23.0 Å². The van der Waals surface area contributed by atoms with E-state index in [0.29, 0.717) is 17.5 Å². The van der Waals surface area contributed by atoms with Gasteiger partial charge in [-0.25, -0.2) is 4.98 Å². The largest absolute Gasteiger partial charge is 0.324 e. The van der Waals surface area contributed by atoms with Gasteiger partial charge in [-0.05, 0) is 50.9 Å². The highest BCUT2D eigenvalue weighted by Gasteiger charge is 2.17. The number of hydrogen-bond acceptors (Lipinski definition) is 3.